The van der Waals surface area contributed by atoms with Crippen LogP contribution in [0.4, 0.5) is 0 Å². The number of sulfonamides is 1. The zero-order valence-corrected chi connectivity index (χ0v) is 12.3. The molecule has 0 N–H and O–H groups in total. The highest BCUT2D eigenvalue weighted by Crippen LogP contribution is 2.46. The van der Waals surface area contributed by atoms with E-state index in [9.17, 15) is 8.42 Å². The van der Waals surface area contributed by atoms with Crippen LogP contribution in [0.25, 0.3) is 0 Å². The molecule has 3 aliphatic rings. The second-order valence-electron chi connectivity index (χ2n) is 6.15. The van der Waals surface area contributed by atoms with E-state index in [0.29, 0.717) is 4.90 Å². The zero-order valence-electron chi connectivity index (χ0n) is 11.5. The Kier molecular flexibility index (Phi) is 2.79. The van der Waals surface area contributed by atoms with Crippen LogP contribution in [0.3, 0.4) is 0 Å². The monoisotopic (exact) mass is 289 g/mol. The van der Waals surface area contributed by atoms with Crippen LogP contribution in [0.1, 0.15) is 38.5 Å². The van der Waals surface area contributed by atoms with Crippen molar-refractivity contribution in [2.75, 3.05) is 0 Å². The second-order valence-corrected chi connectivity index (χ2v) is 7.99. The molecular weight excluding hydrogens is 270 g/mol. The molecule has 1 aromatic rings. The van der Waals surface area contributed by atoms with Gasteiger partial charge in [0.15, 0.2) is 0 Å². The molecule has 2 aliphatic heterocycles. The van der Waals surface area contributed by atoms with Gasteiger partial charge in [-0.2, -0.15) is 4.31 Å². The summed E-state index contributed by atoms with van der Waals surface area (Å²) >= 11 is 0. The minimum atomic E-state index is -3.32. The Bertz CT molecular complexity index is 641. The third-order valence-corrected chi connectivity index (χ3v) is 6.85. The van der Waals surface area contributed by atoms with Gasteiger partial charge in [-0.3, -0.25) is 0 Å². The van der Waals surface area contributed by atoms with E-state index in [4.69, 9.17) is 0 Å². The molecule has 106 valence electrons. The molecular formula is C16H19NO2S. The van der Waals surface area contributed by atoms with Crippen molar-refractivity contribution < 1.29 is 8.42 Å². The number of rotatable bonds is 2. The lowest BCUT2D eigenvalue weighted by Crippen LogP contribution is -2.44. The number of piperidine rings is 1. The normalized spacial score (nSPS) is 29.8. The van der Waals surface area contributed by atoms with E-state index in [1.54, 1.807) is 35.4 Å². The molecule has 20 heavy (non-hydrogen) atoms. The highest BCUT2D eigenvalue weighted by Gasteiger charge is 2.46. The highest BCUT2D eigenvalue weighted by atomic mass is 32.2. The molecule has 4 rings (SSSR count). The zero-order chi connectivity index (χ0) is 13.7. The Hall–Kier alpha value is -1.13. The van der Waals surface area contributed by atoms with Gasteiger partial charge in [0.25, 0.3) is 0 Å². The van der Waals surface area contributed by atoms with Crippen LogP contribution in [-0.4, -0.2) is 24.8 Å². The van der Waals surface area contributed by atoms with Crippen LogP contribution >= 0.6 is 0 Å². The number of allylic oxidation sites excluding steroid dienone is 1. The molecule has 2 saturated heterocycles. The topological polar surface area (TPSA) is 37.4 Å². The summed E-state index contributed by atoms with van der Waals surface area (Å²) in [5.74, 6) is 0. The Morgan fingerprint density at radius 3 is 2.05 bits per heavy atom. The molecule has 2 heterocycles. The second kappa shape index (κ2) is 4.43. The molecule has 0 radical (unpaired) electrons. The fourth-order valence-corrected chi connectivity index (χ4v) is 5.67. The summed E-state index contributed by atoms with van der Waals surface area (Å²) in [7, 11) is -3.32. The van der Waals surface area contributed by atoms with Crippen LogP contribution in [0.2, 0.25) is 0 Å². The van der Waals surface area contributed by atoms with Gasteiger partial charge < -0.3 is 0 Å². The van der Waals surface area contributed by atoms with Crippen LogP contribution in [0, 0.1) is 0 Å². The smallest absolute Gasteiger partial charge is 0.207 e. The van der Waals surface area contributed by atoms with Gasteiger partial charge in [0.1, 0.15) is 0 Å². The van der Waals surface area contributed by atoms with Crippen LogP contribution in [0.5, 0.6) is 0 Å². The van der Waals surface area contributed by atoms with Gasteiger partial charge in [-0.15, -0.1) is 0 Å². The Balaban J connectivity index is 1.69. The Morgan fingerprint density at radius 2 is 1.50 bits per heavy atom. The number of nitrogens with zero attached hydrogens (tertiary/aromatic N) is 1. The summed E-state index contributed by atoms with van der Waals surface area (Å²) in [5, 5.41) is 0. The number of fused-ring (bicyclic) bond motifs is 2. The van der Waals surface area contributed by atoms with E-state index in [1.165, 1.54) is 12.8 Å². The molecule has 0 amide bonds. The van der Waals surface area contributed by atoms with E-state index in [1.807, 2.05) is 10.4 Å². The van der Waals surface area contributed by atoms with Crippen molar-refractivity contribution in [3.05, 3.63) is 41.5 Å². The summed E-state index contributed by atoms with van der Waals surface area (Å²) in [5.41, 5.74) is 3.18. The van der Waals surface area contributed by atoms with Crippen molar-refractivity contribution >= 4 is 10.0 Å². The number of hydrogen-bond donors (Lipinski definition) is 0. The number of benzene rings is 1. The maximum Gasteiger partial charge on any atom is 0.243 e. The Labute approximate surface area is 120 Å². The molecule has 3 fully saturated rings. The number of hydrogen-bond acceptors (Lipinski definition) is 2. The summed E-state index contributed by atoms with van der Waals surface area (Å²) in [4.78, 5) is 0.444. The lowest BCUT2D eigenvalue weighted by atomic mass is 9.98. The van der Waals surface area contributed by atoms with Gasteiger partial charge in [-0.1, -0.05) is 29.3 Å². The van der Waals surface area contributed by atoms with Crippen LogP contribution in [-0.2, 0) is 10.0 Å². The molecule has 1 saturated carbocycles. The predicted octanol–water partition coefficient (Wildman–Crippen LogP) is 3.09. The van der Waals surface area contributed by atoms with Crippen LogP contribution in [0.15, 0.2) is 46.4 Å². The van der Waals surface area contributed by atoms with Gasteiger partial charge in [0, 0.05) is 12.1 Å². The first-order valence-electron chi connectivity index (χ1n) is 7.44. The van der Waals surface area contributed by atoms with Crippen molar-refractivity contribution in [1.82, 2.24) is 4.31 Å². The first kappa shape index (κ1) is 12.6. The average molecular weight is 289 g/mol. The fourth-order valence-electron chi connectivity index (χ4n) is 3.79. The minimum absolute atomic E-state index is 0.196. The van der Waals surface area contributed by atoms with E-state index in [2.05, 4.69) is 0 Å². The maximum absolute atomic E-state index is 12.9. The Morgan fingerprint density at radius 1 is 0.900 bits per heavy atom. The molecule has 1 aliphatic carbocycles. The molecule has 2 atom stereocenters. The summed E-state index contributed by atoms with van der Waals surface area (Å²) in [6.07, 6.45) is 6.48. The third kappa shape index (κ3) is 1.93. The van der Waals surface area contributed by atoms with E-state index in [-0.39, 0.29) is 12.1 Å². The van der Waals surface area contributed by atoms with Gasteiger partial charge in [0.2, 0.25) is 10.0 Å². The van der Waals surface area contributed by atoms with Crippen molar-refractivity contribution in [3.63, 3.8) is 0 Å². The summed E-state index contributed by atoms with van der Waals surface area (Å²) in [6.45, 7) is 0. The van der Waals surface area contributed by atoms with E-state index in [0.717, 1.165) is 25.7 Å². The van der Waals surface area contributed by atoms with E-state index < -0.39 is 10.0 Å². The van der Waals surface area contributed by atoms with Crippen molar-refractivity contribution in [1.29, 1.82) is 0 Å². The van der Waals surface area contributed by atoms with Crippen molar-refractivity contribution in [2.24, 2.45) is 0 Å². The molecule has 0 aromatic heterocycles. The maximum atomic E-state index is 12.9. The lowest BCUT2D eigenvalue weighted by molar-refractivity contribution is 0.284. The summed E-state index contributed by atoms with van der Waals surface area (Å²) in [6, 6.07) is 9.28. The average Bonchev–Trinajstić information content (AvgIpc) is 3.26. The van der Waals surface area contributed by atoms with Gasteiger partial charge in [-0.25, -0.2) is 8.42 Å². The molecule has 3 nitrogen and oxygen atoms in total. The van der Waals surface area contributed by atoms with Gasteiger partial charge in [-0.05, 0) is 50.7 Å². The third-order valence-electron chi connectivity index (χ3n) is 4.84. The first-order chi connectivity index (χ1) is 9.66. The largest absolute Gasteiger partial charge is 0.243 e. The minimum Gasteiger partial charge on any atom is -0.207 e. The van der Waals surface area contributed by atoms with Crippen molar-refractivity contribution in [2.45, 2.75) is 55.5 Å². The van der Waals surface area contributed by atoms with Gasteiger partial charge in [0.05, 0.1) is 4.90 Å². The molecule has 4 heteroatoms. The molecule has 1 aromatic carbocycles. The van der Waals surface area contributed by atoms with Crippen LogP contribution < -0.4 is 0 Å². The lowest BCUT2D eigenvalue weighted by Gasteiger charge is -2.35. The molecule has 0 spiro atoms. The quantitative estimate of drug-likeness (QED) is 0.785. The standard InChI is InChI=1S/C16H19NO2S/c18-20(19,16-4-2-1-3-5-16)17-14-8-9-15(17)11-13(10-14)12-6-7-12/h1-5,14-15H,6-11H2. The molecule has 2 bridgehead atoms. The summed E-state index contributed by atoms with van der Waals surface area (Å²) < 4.78 is 27.5. The predicted molar refractivity (Wildman–Crippen MR) is 77.8 cm³/mol. The fraction of sp³-hybridized carbons (Fsp3) is 0.500. The SMILES string of the molecule is O=S(=O)(c1ccccc1)N1C2CCC1CC(=C1CC1)C2. The first-order valence-corrected chi connectivity index (χ1v) is 8.88. The molecule has 2 unspecified atom stereocenters. The van der Waals surface area contributed by atoms with E-state index >= 15 is 0 Å². The highest BCUT2D eigenvalue weighted by molar-refractivity contribution is 7.89. The van der Waals surface area contributed by atoms with Gasteiger partial charge >= 0.3 is 0 Å². The van der Waals surface area contributed by atoms with Crippen molar-refractivity contribution in [3.8, 4) is 0 Å².